The summed E-state index contributed by atoms with van der Waals surface area (Å²) < 4.78 is 4.96. The summed E-state index contributed by atoms with van der Waals surface area (Å²) in [5.74, 6) is 0.984. The Morgan fingerprint density at radius 1 is 1.00 bits per heavy atom. The summed E-state index contributed by atoms with van der Waals surface area (Å²) in [4.78, 5) is 0. The maximum absolute atomic E-state index is 4.96. The van der Waals surface area contributed by atoms with Gasteiger partial charge < -0.3 is 4.42 Å². The third-order valence-electron chi connectivity index (χ3n) is 0.862. The fraction of sp³-hybridized carbons (Fsp3) is 0.600. The van der Waals surface area contributed by atoms with Gasteiger partial charge in [0.1, 0.15) is 5.76 Å². The van der Waals surface area contributed by atoms with Crippen LogP contribution < -0.4 is 0 Å². The summed E-state index contributed by atoms with van der Waals surface area (Å²) in [7, 11) is 0. The van der Waals surface area contributed by atoms with Crippen LogP contribution in [-0.2, 0) is 0 Å². The second-order valence-corrected chi connectivity index (χ2v) is 1.73. The molecule has 0 aliphatic carbocycles. The molecule has 0 fully saturated rings. The van der Waals surface area contributed by atoms with Crippen LogP contribution in [0.5, 0.6) is 0 Å². The van der Waals surface area contributed by atoms with Crippen molar-refractivity contribution >= 4 is 0 Å². The van der Waals surface area contributed by atoms with Gasteiger partial charge >= 0.3 is 0 Å². The van der Waals surface area contributed by atoms with E-state index in [9.17, 15) is 0 Å². The van der Waals surface area contributed by atoms with Gasteiger partial charge in [0.05, 0.1) is 6.26 Å². The summed E-state index contributed by atoms with van der Waals surface area (Å²) in [5, 5.41) is 0. The summed E-state index contributed by atoms with van der Waals surface area (Å²) in [6, 6.07) is 2.00. The van der Waals surface area contributed by atoms with Gasteiger partial charge in [0.2, 0.25) is 0 Å². The van der Waals surface area contributed by atoms with E-state index >= 15 is 0 Å². The quantitative estimate of drug-likeness (QED) is 0.554. The Hall–Kier alpha value is -0.720. The number of aryl methyl sites for hydroxylation is 2. The van der Waals surface area contributed by atoms with Crippen LogP contribution >= 0.6 is 0 Å². The smallest absolute Gasteiger partial charge is 0.100 e. The molecule has 0 aliphatic heterocycles. The molecular weight excluding hydrogens is 136 g/mol. The Balaban J connectivity index is 0. The lowest BCUT2D eigenvalue weighted by atomic mass is 10.4. The molecule has 0 N–H and O–H groups in total. The van der Waals surface area contributed by atoms with Crippen LogP contribution in [-0.4, -0.2) is 0 Å². The van der Waals surface area contributed by atoms with Gasteiger partial charge in [-0.1, -0.05) is 27.7 Å². The van der Waals surface area contributed by atoms with Gasteiger partial charge in [0.25, 0.3) is 0 Å². The first kappa shape index (κ1) is 12.9. The first-order chi connectivity index (χ1) is 5.29. The highest BCUT2D eigenvalue weighted by molar-refractivity contribution is 5.08. The third-order valence-corrected chi connectivity index (χ3v) is 0.862. The van der Waals surface area contributed by atoms with Gasteiger partial charge in [0, 0.05) is 0 Å². The standard InChI is InChI=1S/C6H8O.2C2H6/c1-5-3-6(2)7-4-5;2*1-2/h3-4H,1-2H3;2*1-2H3. The number of furan rings is 1. The van der Waals surface area contributed by atoms with Crippen LogP contribution in [0.15, 0.2) is 16.7 Å². The van der Waals surface area contributed by atoms with Crippen molar-refractivity contribution in [1.82, 2.24) is 0 Å². The van der Waals surface area contributed by atoms with Crippen molar-refractivity contribution in [3.05, 3.63) is 23.7 Å². The molecule has 66 valence electrons. The zero-order valence-corrected chi connectivity index (χ0v) is 8.56. The van der Waals surface area contributed by atoms with Crippen LogP contribution in [0.2, 0.25) is 0 Å². The molecule has 1 rings (SSSR count). The fourth-order valence-electron chi connectivity index (χ4n) is 0.575. The zero-order chi connectivity index (χ0) is 9.28. The Morgan fingerprint density at radius 2 is 1.45 bits per heavy atom. The van der Waals surface area contributed by atoms with Crippen LogP contribution in [0.3, 0.4) is 0 Å². The van der Waals surface area contributed by atoms with Crippen molar-refractivity contribution in [1.29, 1.82) is 0 Å². The maximum atomic E-state index is 4.96. The normalized spacial score (nSPS) is 7.09. The minimum absolute atomic E-state index is 0.984. The SMILES string of the molecule is CC.CC.Cc1coc(C)c1. The second kappa shape index (κ2) is 9.28. The molecule has 1 aromatic heterocycles. The highest BCUT2D eigenvalue weighted by Gasteiger charge is 1.85. The summed E-state index contributed by atoms with van der Waals surface area (Å²) in [6.07, 6.45) is 1.75. The first-order valence-electron chi connectivity index (χ1n) is 4.31. The molecule has 1 nitrogen and oxygen atoms in total. The topological polar surface area (TPSA) is 13.1 Å². The maximum Gasteiger partial charge on any atom is 0.100 e. The Kier molecular flexibility index (Phi) is 10.9. The Labute approximate surface area is 70.4 Å². The number of hydrogen-bond acceptors (Lipinski definition) is 1. The minimum atomic E-state index is 0.984. The minimum Gasteiger partial charge on any atom is -0.469 e. The van der Waals surface area contributed by atoms with E-state index < -0.39 is 0 Å². The van der Waals surface area contributed by atoms with Gasteiger partial charge in [0.15, 0.2) is 0 Å². The predicted octanol–water partition coefficient (Wildman–Crippen LogP) is 3.95. The second-order valence-electron chi connectivity index (χ2n) is 1.73. The first-order valence-corrected chi connectivity index (χ1v) is 4.31. The van der Waals surface area contributed by atoms with Gasteiger partial charge in [-0.25, -0.2) is 0 Å². The van der Waals surface area contributed by atoms with Crippen LogP contribution in [0, 0.1) is 13.8 Å². The molecule has 0 amide bonds. The molecule has 0 unspecified atom stereocenters. The summed E-state index contributed by atoms with van der Waals surface area (Å²) in [6.45, 7) is 11.9. The Bertz CT molecular complexity index is 137. The molecule has 1 heteroatoms. The van der Waals surface area contributed by atoms with E-state index in [1.54, 1.807) is 6.26 Å². The molecular formula is C10H20O. The van der Waals surface area contributed by atoms with E-state index in [-0.39, 0.29) is 0 Å². The molecule has 0 atom stereocenters. The molecule has 0 saturated carbocycles. The van der Waals surface area contributed by atoms with Gasteiger partial charge in [-0.15, -0.1) is 0 Å². The van der Waals surface area contributed by atoms with E-state index in [1.165, 1.54) is 5.56 Å². The average molecular weight is 156 g/mol. The number of rotatable bonds is 0. The van der Waals surface area contributed by atoms with Crippen molar-refractivity contribution in [3.63, 3.8) is 0 Å². The van der Waals surface area contributed by atoms with Crippen molar-refractivity contribution in [2.75, 3.05) is 0 Å². The molecule has 11 heavy (non-hydrogen) atoms. The fourth-order valence-corrected chi connectivity index (χ4v) is 0.575. The molecule has 0 bridgehead atoms. The van der Waals surface area contributed by atoms with Crippen LogP contribution in [0.1, 0.15) is 39.0 Å². The molecule has 0 radical (unpaired) electrons. The number of hydrogen-bond donors (Lipinski definition) is 0. The van der Waals surface area contributed by atoms with E-state index in [0.717, 1.165) is 5.76 Å². The molecule has 0 saturated heterocycles. The van der Waals surface area contributed by atoms with Crippen molar-refractivity contribution in [3.8, 4) is 0 Å². The highest BCUT2D eigenvalue weighted by atomic mass is 16.3. The Morgan fingerprint density at radius 3 is 1.55 bits per heavy atom. The van der Waals surface area contributed by atoms with E-state index in [2.05, 4.69) is 0 Å². The molecule has 1 aromatic rings. The third kappa shape index (κ3) is 7.17. The molecule has 0 spiro atoms. The van der Waals surface area contributed by atoms with Gasteiger partial charge in [-0.05, 0) is 25.5 Å². The average Bonchev–Trinajstić information content (AvgIpc) is 2.43. The molecule has 0 aliphatic rings. The van der Waals surface area contributed by atoms with E-state index in [4.69, 9.17) is 4.42 Å². The van der Waals surface area contributed by atoms with E-state index in [1.807, 2.05) is 47.6 Å². The van der Waals surface area contributed by atoms with Crippen LogP contribution in [0.4, 0.5) is 0 Å². The largest absolute Gasteiger partial charge is 0.469 e. The zero-order valence-electron chi connectivity index (χ0n) is 8.56. The van der Waals surface area contributed by atoms with Crippen LogP contribution in [0.25, 0.3) is 0 Å². The lowest BCUT2D eigenvalue weighted by molar-refractivity contribution is 0.533. The predicted molar refractivity (Wildman–Crippen MR) is 50.9 cm³/mol. The van der Waals surface area contributed by atoms with Gasteiger partial charge in [-0.3, -0.25) is 0 Å². The monoisotopic (exact) mass is 156 g/mol. The van der Waals surface area contributed by atoms with Gasteiger partial charge in [-0.2, -0.15) is 0 Å². The summed E-state index contributed by atoms with van der Waals surface area (Å²) in [5.41, 5.74) is 1.19. The van der Waals surface area contributed by atoms with Crippen molar-refractivity contribution in [2.24, 2.45) is 0 Å². The molecule has 1 heterocycles. The molecule has 0 aromatic carbocycles. The van der Waals surface area contributed by atoms with Crippen molar-refractivity contribution < 1.29 is 4.42 Å². The van der Waals surface area contributed by atoms with E-state index in [0.29, 0.717) is 0 Å². The lowest BCUT2D eigenvalue weighted by Gasteiger charge is -1.69. The summed E-state index contributed by atoms with van der Waals surface area (Å²) >= 11 is 0. The highest BCUT2D eigenvalue weighted by Crippen LogP contribution is 2.02. The lowest BCUT2D eigenvalue weighted by Crippen LogP contribution is -1.53. The van der Waals surface area contributed by atoms with Crippen molar-refractivity contribution in [2.45, 2.75) is 41.5 Å².